The van der Waals surface area contributed by atoms with Crippen LogP contribution in [0.4, 0.5) is 0 Å². The Hall–Kier alpha value is -1.27. The third-order valence-electron chi connectivity index (χ3n) is 6.70. The summed E-state index contributed by atoms with van der Waals surface area (Å²) in [5.41, 5.74) is 1.00. The summed E-state index contributed by atoms with van der Waals surface area (Å²) in [5.74, 6) is 0. The van der Waals surface area contributed by atoms with Gasteiger partial charge in [-0.05, 0) is 66.9 Å². The molecule has 0 spiro atoms. The highest BCUT2D eigenvalue weighted by Crippen LogP contribution is 2.38. The molecule has 0 radical (unpaired) electrons. The van der Waals surface area contributed by atoms with E-state index in [4.69, 9.17) is 23.0 Å². The largest absolute Gasteiger partial charge is 0.498 e. The maximum atomic E-state index is 6.23. The van der Waals surface area contributed by atoms with Crippen LogP contribution in [-0.2, 0) is 18.6 Å². The average molecular weight is 370 g/mol. The first-order valence-electron chi connectivity index (χ1n) is 9.56. The minimum absolute atomic E-state index is 0.391. The first-order chi connectivity index (χ1) is 12.3. The average Bonchev–Trinajstić information content (AvgIpc) is 3.13. The molecule has 27 heavy (non-hydrogen) atoms. The van der Waals surface area contributed by atoms with Gasteiger partial charge in [0.25, 0.3) is 0 Å². The molecule has 1 aromatic heterocycles. The van der Waals surface area contributed by atoms with Crippen LogP contribution in [0, 0.1) is 0 Å². The highest BCUT2D eigenvalue weighted by Gasteiger charge is 2.54. The topological polar surface area (TPSA) is 50.1 Å². The van der Waals surface area contributed by atoms with Gasteiger partial charge in [0, 0.05) is 10.8 Å². The standard InChI is InChI=1S/C20H28B2O5/c1-17(2)18(3,4)25-21(24-17)14-9-10-15(16-13(14)11-12-23-16)22-26-19(5,6)20(7,8)27-22/h9-12H,1-8H3. The van der Waals surface area contributed by atoms with E-state index in [1.54, 1.807) is 6.26 Å². The van der Waals surface area contributed by atoms with Gasteiger partial charge in [0.2, 0.25) is 0 Å². The number of hydrogen-bond acceptors (Lipinski definition) is 5. The molecule has 7 heteroatoms. The number of hydrogen-bond donors (Lipinski definition) is 0. The van der Waals surface area contributed by atoms with Crippen molar-refractivity contribution >= 4 is 36.1 Å². The molecule has 5 nitrogen and oxygen atoms in total. The Morgan fingerprint density at radius 1 is 0.593 bits per heavy atom. The lowest BCUT2D eigenvalue weighted by atomic mass is 9.72. The maximum absolute atomic E-state index is 6.23. The van der Waals surface area contributed by atoms with Gasteiger partial charge >= 0.3 is 14.2 Å². The number of rotatable bonds is 2. The zero-order chi connectivity index (χ0) is 19.8. The van der Waals surface area contributed by atoms with Gasteiger partial charge < -0.3 is 23.0 Å². The Kier molecular flexibility index (Phi) is 3.98. The molecule has 3 heterocycles. The monoisotopic (exact) mass is 370 g/mol. The van der Waals surface area contributed by atoms with Crippen LogP contribution >= 0.6 is 0 Å². The van der Waals surface area contributed by atoms with Gasteiger partial charge in [-0.3, -0.25) is 0 Å². The maximum Gasteiger partial charge on any atom is 0.498 e. The van der Waals surface area contributed by atoms with Gasteiger partial charge in [0.05, 0.1) is 28.7 Å². The third-order valence-corrected chi connectivity index (χ3v) is 6.70. The molecule has 0 N–H and O–H groups in total. The molecule has 0 unspecified atom stereocenters. The van der Waals surface area contributed by atoms with E-state index in [9.17, 15) is 0 Å². The Bertz CT molecular complexity index is 782. The number of benzene rings is 1. The lowest BCUT2D eigenvalue weighted by Gasteiger charge is -2.32. The zero-order valence-electron chi connectivity index (χ0n) is 17.5. The minimum Gasteiger partial charge on any atom is -0.465 e. The fourth-order valence-electron chi connectivity index (χ4n) is 3.44. The van der Waals surface area contributed by atoms with Gasteiger partial charge in [-0.15, -0.1) is 0 Å². The summed E-state index contributed by atoms with van der Waals surface area (Å²) in [6.07, 6.45) is 1.69. The van der Waals surface area contributed by atoms with Crippen molar-refractivity contribution in [3.8, 4) is 0 Å². The fraction of sp³-hybridized carbons (Fsp3) is 0.600. The normalized spacial score (nSPS) is 25.5. The predicted molar refractivity (Wildman–Crippen MR) is 108 cm³/mol. The molecule has 2 aliphatic heterocycles. The van der Waals surface area contributed by atoms with Crippen LogP contribution in [0.5, 0.6) is 0 Å². The highest BCUT2D eigenvalue weighted by molar-refractivity contribution is 6.68. The summed E-state index contributed by atoms with van der Waals surface area (Å²) in [4.78, 5) is 0. The molecule has 0 atom stereocenters. The van der Waals surface area contributed by atoms with Gasteiger partial charge in [0.1, 0.15) is 5.58 Å². The predicted octanol–water partition coefficient (Wildman–Crippen LogP) is 3.03. The molecular weight excluding hydrogens is 342 g/mol. The molecule has 144 valence electrons. The van der Waals surface area contributed by atoms with E-state index in [0.717, 1.165) is 21.9 Å². The Morgan fingerprint density at radius 3 is 1.48 bits per heavy atom. The van der Waals surface area contributed by atoms with Crippen molar-refractivity contribution in [2.24, 2.45) is 0 Å². The van der Waals surface area contributed by atoms with E-state index in [1.165, 1.54) is 0 Å². The SMILES string of the molecule is CC1(C)OB(c2ccc(B3OC(C)(C)C(C)(C)O3)c3occc23)OC1(C)C. The third kappa shape index (κ3) is 2.79. The number of furan rings is 1. The molecule has 2 saturated heterocycles. The molecule has 4 rings (SSSR count). The lowest BCUT2D eigenvalue weighted by molar-refractivity contribution is 0.00578. The zero-order valence-corrected chi connectivity index (χ0v) is 17.5. The van der Waals surface area contributed by atoms with Crippen molar-refractivity contribution in [3.63, 3.8) is 0 Å². The lowest BCUT2D eigenvalue weighted by Crippen LogP contribution is -2.41. The summed E-state index contributed by atoms with van der Waals surface area (Å²) >= 11 is 0. The van der Waals surface area contributed by atoms with E-state index in [2.05, 4.69) is 27.7 Å². The van der Waals surface area contributed by atoms with Crippen molar-refractivity contribution in [2.45, 2.75) is 77.8 Å². The second-order valence-electron chi connectivity index (χ2n) is 9.58. The van der Waals surface area contributed by atoms with Crippen LogP contribution in [0.25, 0.3) is 11.0 Å². The van der Waals surface area contributed by atoms with E-state index in [1.807, 2.05) is 45.9 Å². The van der Waals surface area contributed by atoms with Gasteiger partial charge in [-0.2, -0.15) is 0 Å². The highest BCUT2D eigenvalue weighted by atomic mass is 16.7. The summed E-state index contributed by atoms with van der Waals surface area (Å²) < 4.78 is 30.7. The van der Waals surface area contributed by atoms with E-state index in [0.29, 0.717) is 0 Å². The minimum atomic E-state index is -0.476. The quantitative estimate of drug-likeness (QED) is 0.761. The first-order valence-corrected chi connectivity index (χ1v) is 9.56. The molecule has 0 saturated carbocycles. The molecule has 2 aliphatic rings. The van der Waals surface area contributed by atoms with Crippen LogP contribution < -0.4 is 10.9 Å². The fourth-order valence-corrected chi connectivity index (χ4v) is 3.44. The van der Waals surface area contributed by atoms with Crippen molar-refractivity contribution < 1.29 is 23.0 Å². The van der Waals surface area contributed by atoms with Crippen LogP contribution in [-0.4, -0.2) is 36.6 Å². The van der Waals surface area contributed by atoms with Crippen LogP contribution in [0.2, 0.25) is 0 Å². The number of fused-ring (bicyclic) bond motifs is 1. The molecular formula is C20H28B2O5. The summed E-state index contributed by atoms with van der Waals surface area (Å²) in [7, 11) is -0.918. The Morgan fingerprint density at radius 2 is 1.00 bits per heavy atom. The Balaban J connectivity index is 1.73. The van der Waals surface area contributed by atoms with Gasteiger partial charge in [0.15, 0.2) is 0 Å². The van der Waals surface area contributed by atoms with Crippen LogP contribution in [0.15, 0.2) is 28.9 Å². The summed E-state index contributed by atoms with van der Waals surface area (Å²) in [6, 6.07) is 5.97. The van der Waals surface area contributed by atoms with Crippen molar-refractivity contribution in [1.82, 2.24) is 0 Å². The molecule has 0 bridgehead atoms. The van der Waals surface area contributed by atoms with E-state index >= 15 is 0 Å². The van der Waals surface area contributed by atoms with Gasteiger partial charge in [-0.25, -0.2) is 0 Å². The second-order valence-corrected chi connectivity index (χ2v) is 9.58. The van der Waals surface area contributed by atoms with Crippen LogP contribution in [0.1, 0.15) is 55.4 Å². The first kappa shape index (κ1) is 19.1. The second kappa shape index (κ2) is 5.63. The van der Waals surface area contributed by atoms with Gasteiger partial charge in [-0.1, -0.05) is 12.1 Å². The molecule has 2 aromatic rings. The molecule has 1 aromatic carbocycles. The Labute approximate surface area is 162 Å². The van der Waals surface area contributed by atoms with Crippen molar-refractivity contribution in [3.05, 3.63) is 24.5 Å². The smallest absolute Gasteiger partial charge is 0.465 e. The summed E-state index contributed by atoms with van der Waals surface area (Å²) in [5, 5.41) is 0.959. The van der Waals surface area contributed by atoms with E-state index < -0.39 is 36.6 Å². The van der Waals surface area contributed by atoms with Crippen molar-refractivity contribution in [1.29, 1.82) is 0 Å². The summed E-state index contributed by atoms with van der Waals surface area (Å²) in [6.45, 7) is 16.4. The molecule has 0 aliphatic carbocycles. The van der Waals surface area contributed by atoms with Crippen LogP contribution in [0.3, 0.4) is 0 Å². The molecule has 0 amide bonds. The van der Waals surface area contributed by atoms with Crippen molar-refractivity contribution in [2.75, 3.05) is 0 Å². The van der Waals surface area contributed by atoms with E-state index in [-0.39, 0.29) is 0 Å². The molecule has 2 fully saturated rings.